The third-order valence-electron chi connectivity index (χ3n) is 12.1. The van der Waals surface area contributed by atoms with Gasteiger partial charge in [0.15, 0.2) is 14.5 Å². The number of rotatable bonds is 23. The molecule has 0 amide bonds. The fraction of sp³-hybridized carbons (Fsp3) is 0.549. The van der Waals surface area contributed by atoms with Crippen molar-refractivity contribution in [1.82, 2.24) is 14.2 Å². The van der Waals surface area contributed by atoms with Crippen molar-refractivity contribution < 1.29 is 32.4 Å². The van der Waals surface area contributed by atoms with Gasteiger partial charge in [-0.05, 0) is 93.2 Å². The summed E-state index contributed by atoms with van der Waals surface area (Å²) in [4.78, 5) is 30.3. The molecule has 0 bridgehead atoms. The third kappa shape index (κ3) is 13.7. The first-order chi connectivity index (χ1) is 32.1. The molecule has 0 spiro atoms. The van der Waals surface area contributed by atoms with Crippen LogP contribution in [0.25, 0.3) is 0 Å². The zero-order valence-corrected chi connectivity index (χ0v) is 45.9. The quantitative estimate of drug-likeness (QED) is 0.0247. The van der Waals surface area contributed by atoms with E-state index in [2.05, 4.69) is 98.1 Å². The number of hydrogen-bond donors (Lipinski definition) is 1. The highest BCUT2D eigenvalue weighted by Gasteiger charge is 2.54. The maximum absolute atomic E-state index is 14.2. The fourth-order valence-corrected chi connectivity index (χ4v) is 13.1. The molecule has 5 atom stereocenters. The zero-order valence-electron chi connectivity index (χ0n) is 42.4. The number of methoxy groups -OCH3 is 2. The van der Waals surface area contributed by atoms with Gasteiger partial charge in [-0.25, -0.2) is 9.46 Å². The Morgan fingerprint density at radius 1 is 0.853 bits per heavy atom. The van der Waals surface area contributed by atoms with Crippen molar-refractivity contribution in [2.75, 3.05) is 33.2 Å². The molecule has 3 aromatic carbocycles. The number of aromatic amines is 1. The van der Waals surface area contributed by atoms with Gasteiger partial charge in [-0.1, -0.05) is 118 Å². The molecule has 1 unspecified atom stereocenters. The molecule has 0 aliphatic carbocycles. The Hall–Kier alpha value is -3.46. The number of nitriles is 1. The van der Waals surface area contributed by atoms with Crippen LogP contribution in [0.3, 0.4) is 0 Å². The SMILES string of the molecule is COc1ccc(C(OC[C@H]2O[C@@H](n3cc(CCSSC(C)(C)C)c(=O)[nH]c3=O)[C@H](O[Si](C)(C)C(C)(C)C)[C@@H]2OP(OCCC#N)N(C(C)C)C(C)C)(c2ccccc2)c2ccc(OC)cc2)cc1. The maximum atomic E-state index is 14.2. The monoisotopic (exact) mass is 1010 g/mol. The lowest BCUT2D eigenvalue weighted by atomic mass is 9.80. The van der Waals surface area contributed by atoms with Gasteiger partial charge in [-0.15, -0.1) is 0 Å². The summed E-state index contributed by atoms with van der Waals surface area (Å²) in [5.41, 5.74) is 0.674. The molecule has 5 rings (SSSR count). The number of nitrogens with zero attached hydrogens (tertiary/aromatic N) is 3. The molecule has 0 radical (unpaired) electrons. The maximum Gasteiger partial charge on any atom is 0.330 e. The number of ether oxygens (including phenoxy) is 4. The topological polar surface area (TPSA) is 147 Å². The van der Waals surface area contributed by atoms with Gasteiger partial charge in [0.05, 0.1) is 39.9 Å². The van der Waals surface area contributed by atoms with Crippen molar-refractivity contribution in [3.8, 4) is 17.6 Å². The molecule has 1 fully saturated rings. The molecular weight excluding hydrogens is 936 g/mol. The van der Waals surface area contributed by atoms with Gasteiger partial charge < -0.3 is 32.4 Å². The van der Waals surface area contributed by atoms with Crippen LogP contribution in [0.5, 0.6) is 11.5 Å². The van der Waals surface area contributed by atoms with E-state index in [1.54, 1.807) is 42.0 Å². The van der Waals surface area contributed by atoms with Crippen LogP contribution in [-0.4, -0.2) is 90.9 Å². The molecule has 1 aliphatic heterocycles. The Kier molecular flexibility index (Phi) is 19.7. The standard InChI is InChI=1S/C51H73N4O9PS2Si/c1-35(2)55(36(3)4)65(61-31-18-30-52)63-44-43(34-60-51(38-19-16-15-17-20-38,39-21-25-41(58-11)26-22-39)40-23-27-42(59-12)28-24-40)62-47(45(44)64-68(13,14)50(8,9)10)54-33-37(46(56)53-48(54)57)29-32-66-67-49(5,6)7/h15-17,19-28,33,35-36,43-45,47H,18,29,31-32,34H2,1-14H3,(H,53,56,57)/t43-,44-,45-,47-,65?/m1/s1. The first-order valence-electron chi connectivity index (χ1n) is 23.3. The summed E-state index contributed by atoms with van der Waals surface area (Å²) in [5, 5.41) is 9.36. The molecule has 1 aromatic heterocycles. The second-order valence-corrected chi connectivity index (χ2v) is 29.3. The van der Waals surface area contributed by atoms with E-state index in [1.807, 2.05) is 78.9 Å². The minimum atomic E-state index is -2.70. The molecule has 68 heavy (non-hydrogen) atoms. The van der Waals surface area contributed by atoms with Crippen LogP contribution in [0.4, 0.5) is 0 Å². The molecule has 1 N–H and O–H groups in total. The summed E-state index contributed by atoms with van der Waals surface area (Å²) in [6, 6.07) is 27.8. The van der Waals surface area contributed by atoms with Crippen LogP contribution in [0.2, 0.25) is 18.1 Å². The van der Waals surface area contributed by atoms with Gasteiger partial charge in [0.1, 0.15) is 35.4 Å². The van der Waals surface area contributed by atoms with Crippen LogP contribution in [-0.2, 0) is 35.0 Å². The van der Waals surface area contributed by atoms with E-state index in [0.717, 1.165) is 16.7 Å². The third-order valence-corrected chi connectivity index (χ3v) is 22.1. The van der Waals surface area contributed by atoms with Gasteiger partial charge in [0.25, 0.3) is 14.1 Å². The Morgan fingerprint density at radius 3 is 1.91 bits per heavy atom. The van der Waals surface area contributed by atoms with Crippen LogP contribution >= 0.6 is 30.1 Å². The van der Waals surface area contributed by atoms with Crippen molar-refractivity contribution in [1.29, 1.82) is 5.26 Å². The van der Waals surface area contributed by atoms with Gasteiger partial charge in [0.2, 0.25) is 0 Å². The lowest BCUT2D eigenvalue weighted by Gasteiger charge is -2.42. The minimum Gasteiger partial charge on any atom is -0.497 e. The average Bonchev–Trinajstić information content (AvgIpc) is 3.60. The predicted molar refractivity (Wildman–Crippen MR) is 279 cm³/mol. The first-order valence-corrected chi connectivity index (χ1v) is 29.6. The van der Waals surface area contributed by atoms with Crippen LogP contribution in [0.15, 0.2) is 94.6 Å². The van der Waals surface area contributed by atoms with Crippen molar-refractivity contribution in [2.45, 2.75) is 147 Å². The van der Waals surface area contributed by atoms with Gasteiger partial charge in [0, 0.05) is 34.3 Å². The number of benzene rings is 3. The highest BCUT2D eigenvalue weighted by Crippen LogP contribution is 2.52. The van der Waals surface area contributed by atoms with E-state index in [9.17, 15) is 14.9 Å². The smallest absolute Gasteiger partial charge is 0.330 e. The van der Waals surface area contributed by atoms with E-state index in [4.69, 9.17) is 32.4 Å². The molecule has 17 heteroatoms. The van der Waals surface area contributed by atoms with Crippen LogP contribution in [0.1, 0.15) is 104 Å². The summed E-state index contributed by atoms with van der Waals surface area (Å²) >= 11 is 0. The zero-order chi connectivity index (χ0) is 50.0. The summed E-state index contributed by atoms with van der Waals surface area (Å²) in [6.07, 6.45) is -1.48. The first kappa shape index (κ1) is 55.5. The van der Waals surface area contributed by atoms with Gasteiger partial charge in [-0.3, -0.25) is 14.3 Å². The molecule has 2 heterocycles. The molecule has 1 aliphatic rings. The summed E-state index contributed by atoms with van der Waals surface area (Å²) < 4.78 is 50.9. The number of aromatic nitrogens is 2. The predicted octanol–water partition coefficient (Wildman–Crippen LogP) is 11.2. The van der Waals surface area contributed by atoms with Crippen LogP contribution < -0.4 is 20.7 Å². The van der Waals surface area contributed by atoms with Gasteiger partial charge in [-0.2, -0.15) is 5.26 Å². The second-order valence-electron chi connectivity index (χ2n) is 19.9. The normalized spacial score (nSPS) is 18.6. The second kappa shape index (κ2) is 24.1. The Morgan fingerprint density at radius 2 is 1.41 bits per heavy atom. The van der Waals surface area contributed by atoms with Crippen LogP contribution in [0, 0.1) is 11.3 Å². The largest absolute Gasteiger partial charge is 0.497 e. The number of nitrogens with one attached hydrogen (secondary N) is 1. The van der Waals surface area contributed by atoms with E-state index in [0.29, 0.717) is 29.2 Å². The Bertz CT molecular complexity index is 2310. The molecule has 4 aromatic rings. The lowest BCUT2D eigenvalue weighted by molar-refractivity contribution is -0.0943. The van der Waals surface area contributed by atoms with E-state index < -0.39 is 58.2 Å². The summed E-state index contributed by atoms with van der Waals surface area (Å²) in [7, 11) is 2.15. The van der Waals surface area contributed by atoms with E-state index in [-0.39, 0.29) is 41.5 Å². The number of H-pyrrole nitrogens is 1. The lowest BCUT2D eigenvalue weighted by Crippen LogP contribution is -2.51. The Labute approximate surface area is 414 Å². The highest BCUT2D eigenvalue weighted by atomic mass is 33.1. The van der Waals surface area contributed by atoms with Gasteiger partial charge >= 0.3 is 5.69 Å². The van der Waals surface area contributed by atoms with E-state index >= 15 is 0 Å². The molecular formula is C51H73N4O9PS2Si. The summed E-state index contributed by atoms with van der Waals surface area (Å²) in [5.74, 6) is 2.03. The number of hydrogen-bond acceptors (Lipinski definition) is 13. The Balaban J connectivity index is 1.75. The molecule has 13 nitrogen and oxygen atoms in total. The van der Waals surface area contributed by atoms with E-state index in [1.165, 1.54) is 4.57 Å². The van der Waals surface area contributed by atoms with Crippen molar-refractivity contribution in [3.05, 3.63) is 128 Å². The molecule has 372 valence electrons. The molecule has 1 saturated heterocycles. The minimum absolute atomic E-state index is 0.00894. The average molecular weight is 1010 g/mol. The number of aryl methyl sites for hydroxylation is 1. The summed E-state index contributed by atoms with van der Waals surface area (Å²) in [6.45, 7) is 25.7. The highest BCUT2D eigenvalue weighted by molar-refractivity contribution is 8.77. The van der Waals surface area contributed by atoms with Crippen molar-refractivity contribution >= 4 is 38.4 Å². The van der Waals surface area contributed by atoms with Crippen molar-refractivity contribution in [3.63, 3.8) is 0 Å². The van der Waals surface area contributed by atoms with Crippen molar-refractivity contribution in [2.24, 2.45) is 0 Å². The fourth-order valence-electron chi connectivity index (χ4n) is 7.78. The molecule has 0 saturated carbocycles.